The van der Waals surface area contributed by atoms with Gasteiger partial charge >= 0.3 is 0 Å². The van der Waals surface area contributed by atoms with Gasteiger partial charge in [0.25, 0.3) is 0 Å². The van der Waals surface area contributed by atoms with Crippen molar-refractivity contribution in [3.63, 3.8) is 0 Å². The quantitative estimate of drug-likeness (QED) is 0.664. The average molecular weight is 422 g/mol. The van der Waals surface area contributed by atoms with Crippen LogP contribution in [0, 0.1) is 12.8 Å². The number of piperidine rings is 1. The first-order valence-electron chi connectivity index (χ1n) is 11.0. The van der Waals surface area contributed by atoms with Gasteiger partial charge in [-0.15, -0.1) is 0 Å². The van der Waals surface area contributed by atoms with Gasteiger partial charge in [-0.3, -0.25) is 9.69 Å². The molecule has 6 nitrogen and oxygen atoms in total. The Morgan fingerprint density at radius 1 is 1.03 bits per heavy atom. The Kier molecular flexibility index (Phi) is 8.09. The van der Waals surface area contributed by atoms with E-state index in [2.05, 4.69) is 14.9 Å². The summed E-state index contributed by atoms with van der Waals surface area (Å²) in [5.74, 6) is 0.340. The van der Waals surface area contributed by atoms with E-state index >= 15 is 0 Å². The lowest BCUT2D eigenvalue weighted by molar-refractivity contribution is -0.123. The molecule has 2 fully saturated rings. The zero-order valence-electron chi connectivity index (χ0n) is 17.5. The van der Waals surface area contributed by atoms with Crippen LogP contribution in [0.2, 0.25) is 0 Å². The number of carbonyl (C=O) groups excluding carboxylic acids is 1. The molecule has 1 atom stereocenters. The van der Waals surface area contributed by atoms with Crippen LogP contribution in [0.1, 0.15) is 56.9 Å². The van der Waals surface area contributed by atoms with Crippen molar-refractivity contribution >= 4 is 15.9 Å². The number of hydrogen-bond donors (Lipinski definition) is 2. The Bertz CT molecular complexity index is 756. The number of likely N-dealkylation sites (tertiary alicyclic amines) is 1. The number of sulfonamides is 1. The molecule has 1 heterocycles. The molecule has 1 amide bonds. The standard InChI is InChI=1S/C22H35N3O3S/c1-18-10-12-21(13-11-18)29(27,28)23-15-19-7-6-14-25(16-19)17-22(26)24-20-8-4-2-3-5-9-20/h10-13,19-20,23H,2-9,14-17H2,1H3,(H,24,26). The molecular weight excluding hydrogens is 386 g/mol. The van der Waals surface area contributed by atoms with Crippen LogP contribution in [0.3, 0.4) is 0 Å². The Morgan fingerprint density at radius 3 is 2.41 bits per heavy atom. The highest BCUT2D eigenvalue weighted by Gasteiger charge is 2.24. The molecule has 1 aromatic carbocycles. The molecular formula is C22H35N3O3S. The zero-order chi connectivity index (χ0) is 20.7. The highest BCUT2D eigenvalue weighted by Crippen LogP contribution is 2.19. The van der Waals surface area contributed by atoms with Gasteiger partial charge in [0.15, 0.2) is 0 Å². The van der Waals surface area contributed by atoms with Crippen LogP contribution in [0.4, 0.5) is 0 Å². The second kappa shape index (κ2) is 10.5. The second-order valence-electron chi connectivity index (χ2n) is 8.66. The molecule has 0 radical (unpaired) electrons. The van der Waals surface area contributed by atoms with E-state index in [4.69, 9.17) is 0 Å². The molecule has 1 saturated carbocycles. The molecule has 162 valence electrons. The van der Waals surface area contributed by atoms with E-state index in [0.717, 1.165) is 44.3 Å². The number of nitrogens with one attached hydrogen (secondary N) is 2. The van der Waals surface area contributed by atoms with Crippen LogP contribution < -0.4 is 10.0 Å². The van der Waals surface area contributed by atoms with Crippen molar-refractivity contribution in [3.05, 3.63) is 29.8 Å². The molecule has 1 saturated heterocycles. The van der Waals surface area contributed by atoms with Crippen molar-refractivity contribution in [1.29, 1.82) is 0 Å². The minimum absolute atomic E-state index is 0.109. The maximum absolute atomic E-state index is 12.5. The first-order chi connectivity index (χ1) is 13.9. The minimum atomic E-state index is -3.49. The molecule has 3 rings (SSSR count). The summed E-state index contributed by atoms with van der Waals surface area (Å²) < 4.78 is 27.8. The molecule has 0 aromatic heterocycles. The first kappa shape index (κ1) is 22.2. The van der Waals surface area contributed by atoms with Gasteiger partial charge in [0.1, 0.15) is 0 Å². The molecule has 1 unspecified atom stereocenters. The van der Waals surface area contributed by atoms with Gasteiger partial charge in [0.05, 0.1) is 11.4 Å². The molecule has 1 aliphatic heterocycles. The average Bonchev–Trinajstić information content (AvgIpc) is 2.96. The first-order valence-corrected chi connectivity index (χ1v) is 12.5. The van der Waals surface area contributed by atoms with Crippen LogP contribution in [-0.4, -0.2) is 51.4 Å². The van der Waals surface area contributed by atoms with Crippen molar-refractivity contribution in [3.8, 4) is 0 Å². The van der Waals surface area contributed by atoms with E-state index in [-0.39, 0.29) is 11.8 Å². The summed E-state index contributed by atoms with van der Waals surface area (Å²) in [6, 6.07) is 7.23. The number of carbonyl (C=O) groups is 1. The largest absolute Gasteiger partial charge is 0.352 e. The van der Waals surface area contributed by atoms with Crippen LogP contribution in [0.5, 0.6) is 0 Å². The van der Waals surface area contributed by atoms with E-state index in [0.29, 0.717) is 24.0 Å². The fourth-order valence-electron chi connectivity index (χ4n) is 4.39. The lowest BCUT2D eigenvalue weighted by Crippen LogP contribution is -2.46. The number of amides is 1. The molecule has 0 bridgehead atoms. The normalized spacial score (nSPS) is 22.2. The highest BCUT2D eigenvalue weighted by atomic mass is 32.2. The third kappa shape index (κ3) is 7.08. The molecule has 1 aromatic rings. The van der Waals surface area contributed by atoms with Gasteiger partial charge in [-0.2, -0.15) is 0 Å². The number of rotatable bonds is 7. The van der Waals surface area contributed by atoms with E-state index < -0.39 is 10.0 Å². The summed E-state index contributed by atoms with van der Waals surface area (Å²) in [6.45, 7) is 4.43. The van der Waals surface area contributed by atoms with E-state index in [1.54, 1.807) is 12.1 Å². The minimum Gasteiger partial charge on any atom is -0.352 e. The number of nitrogens with zero attached hydrogens (tertiary/aromatic N) is 1. The van der Waals surface area contributed by atoms with Gasteiger partial charge < -0.3 is 5.32 Å². The number of benzene rings is 1. The Hall–Kier alpha value is -1.44. The third-order valence-corrected chi connectivity index (χ3v) is 7.52. The Morgan fingerprint density at radius 2 is 1.72 bits per heavy atom. The summed E-state index contributed by atoms with van der Waals surface area (Å²) in [7, 11) is -3.49. The highest BCUT2D eigenvalue weighted by molar-refractivity contribution is 7.89. The summed E-state index contributed by atoms with van der Waals surface area (Å²) in [5.41, 5.74) is 1.04. The van der Waals surface area contributed by atoms with Crippen molar-refractivity contribution in [2.75, 3.05) is 26.2 Å². The van der Waals surface area contributed by atoms with E-state index in [1.165, 1.54) is 25.7 Å². The van der Waals surface area contributed by atoms with Crippen LogP contribution in [-0.2, 0) is 14.8 Å². The summed E-state index contributed by atoms with van der Waals surface area (Å²) in [6.07, 6.45) is 9.13. The van der Waals surface area contributed by atoms with E-state index in [1.807, 2.05) is 19.1 Å². The smallest absolute Gasteiger partial charge is 0.240 e. The van der Waals surface area contributed by atoms with Gasteiger partial charge in [-0.1, -0.05) is 43.4 Å². The molecule has 2 aliphatic rings. The second-order valence-corrected chi connectivity index (χ2v) is 10.4. The van der Waals surface area contributed by atoms with Crippen molar-refractivity contribution in [1.82, 2.24) is 14.9 Å². The molecule has 29 heavy (non-hydrogen) atoms. The maximum atomic E-state index is 12.5. The summed E-state index contributed by atoms with van der Waals surface area (Å²) in [4.78, 5) is 14.9. The predicted octanol–water partition coefficient (Wildman–Crippen LogP) is 2.82. The van der Waals surface area contributed by atoms with Gasteiger partial charge in [-0.25, -0.2) is 13.1 Å². The van der Waals surface area contributed by atoms with Crippen LogP contribution in [0.15, 0.2) is 29.2 Å². The van der Waals surface area contributed by atoms with Gasteiger partial charge in [0.2, 0.25) is 15.9 Å². The fraction of sp³-hybridized carbons (Fsp3) is 0.682. The maximum Gasteiger partial charge on any atom is 0.240 e. The Balaban J connectivity index is 1.45. The lowest BCUT2D eigenvalue weighted by atomic mass is 9.98. The molecule has 2 N–H and O–H groups in total. The van der Waals surface area contributed by atoms with Crippen molar-refractivity contribution in [2.24, 2.45) is 5.92 Å². The van der Waals surface area contributed by atoms with Crippen molar-refractivity contribution in [2.45, 2.75) is 69.2 Å². The predicted molar refractivity (Wildman–Crippen MR) is 115 cm³/mol. The lowest BCUT2D eigenvalue weighted by Gasteiger charge is -2.32. The molecule has 0 spiro atoms. The monoisotopic (exact) mass is 421 g/mol. The zero-order valence-corrected chi connectivity index (χ0v) is 18.3. The van der Waals surface area contributed by atoms with Crippen LogP contribution in [0.25, 0.3) is 0 Å². The van der Waals surface area contributed by atoms with Gasteiger partial charge in [-0.05, 0) is 57.2 Å². The van der Waals surface area contributed by atoms with Gasteiger partial charge in [0, 0.05) is 19.1 Å². The topological polar surface area (TPSA) is 78.5 Å². The Labute approximate surface area is 175 Å². The third-order valence-electron chi connectivity index (χ3n) is 6.08. The number of hydrogen-bond acceptors (Lipinski definition) is 4. The fourth-order valence-corrected chi connectivity index (χ4v) is 5.51. The summed E-state index contributed by atoms with van der Waals surface area (Å²) in [5, 5.41) is 3.21. The summed E-state index contributed by atoms with van der Waals surface area (Å²) >= 11 is 0. The van der Waals surface area contributed by atoms with Crippen LogP contribution >= 0.6 is 0 Å². The van der Waals surface area contributed by atoms with Crippen molar-refractivity contribution < 1.29 is 13.2 Å². The molecule has 7 heteroatoms. The SMILES string of the molecule is Cc1ccc(S(=O)(=O)NCC2CCCN(CC(=O)NC3CCCCCC3)C2)cc1. The van der Waals surface area contributed by atoms with E-state index in [9.17, 15) is 13.2 Å². The number of aryl methyl sites for hydroxylation is 1. The molecule has 1 aliphatic carbocycles.